The van der Waals surface area contributed by atoms with Crippen molar-refractivity contribution in [1.82, 2.24) is 0 Å². The lowest BCUT2D eigenvalue weighted by atomic mass is 10.2. The fourth-order valence-corrected chi connectivity index (χ4v) is 1.10. The Morgan fingerprint density at radius 3 is 2.73 bits per heavy atom. The average Bonchev–Trinajstić information content (AvgIpc) is 2.15. The van der Waals surface area contributed by atoms with Crippen molar-refractivity contribution >= 4 is 11.7 Å². The molecule has 1 rings (SSSR count). The highest BCUT2D eigenvalue weighted by atomic mass is 19.1. The number of hydrogen-bond donors (Lipinski definition) is 1. The van der Waals surface area contributed by atoms with Gasteiger partial charge in [0, 0.05) is 20.2 Å². The molecule has 0 aliphatic rings. The van der Waals surface area contributed by atoms with E-state index in [4.69, 9.17) is 9.84 Å². The molecule has 5 heteroatoms. The number of carboxylic acid groups (broad SMARTS) is 1. The molecule has 1 aromatic rings. The Hall–Kier alpha value is -1.78. The van der Waals surface area contributed by atoms with Gasteiger partial charge in [-0.2, -0.15) is 0 Å². The lowest BCUT2D eigenvalue weighted by molar-refractivity contribution is -0.139. The van der Waals surface area contributed by atoms with E-state index in [1.54, 1.807) is 19.0 Å². The van der Waals surface area contributed by atoms with E-state index < -0.39 is 12.6 Å². The van der Waals surface area contributed by atoms with Crippen LogP contribution in [0.4, 0.5) is 10.1 Å². The summed E-state index contributed by atoms with van der Waals surface area (Å²) in [4.78, 5) is 12.0. The summed E-state index contributed by atoms with van der Waals surface area (Å²) in [6.45, 7) is -0.438. The molecule has 4 nitrogen and oxygen atoms in total. The molecule has 1 aromatic carbocycles. The summed E-state index contributed by atoms with van der Waals surface area (Å²) < 4.78 is 17.9. The maximum Gasteiger partial charge on any atom is 0.341 e. The number of hydrogen-bond acceptors (Lipinski definition) is 3. The predicted molar refractivity (Wildman–Crippen MR) is 53.9 cm³/mol. The standard InChI is InChI=1S/C10H12FNO3/c1-12(2)8-5-7(11)3-4-9(8)15-6-10(13)14/h3-5H,6H2,1-2H3,(H,13,14). The molecule has 1 N–H and O–H groups in total. The van der Waals surface area contributed by atoms with E-state index in [1.807, 2.05) is 0 Å². The van der Waals surface area contributed by atoms with Crippen LogP contribution in [0.1, 0.15) is 0 Å². The number of aliphatic carboxylic acids is 1. The second kappa shape index (κ2) is 4.63. The Labute approximate surface area is 86.9 Å². The molecular formula is C10H12FNO3. The molecule has 0 radical (unpaired) electrons. The number of ether oxygens (including phenoxy) is 1. The van der Waals surface area contributed by atoms with Crippen molar-refractivity contribution in [2.45, 2.75) is 0 Å². The monoisotopic (exact) mass is 213 g/mol. The fourth-order valence-electron chi connectivity index (χ4n) is 1.10. The molecular weight excluding hydrogens is 201 g/mol. The van der Waals surface area contributed by atoms with Gasteiger partial charge in [-0.3, -0.25) is 0 Å². The van der Waals surface area contributed by atoms with Crippen molar-refractivity contribution < 1.29 is 19.0 Å². The molecule has 0 atom stereocenters. The smallest absolute Gasteiger partial charge is 0.341 e. The third-order valence-electron chi connectivity index (χ3n) is 1.75. The lowest BCUT2D eigenvalue weighted by Crippen LogP contribution is -2.14. The average molecular weight is 213 g/mol. The number of carboxylic acids is 1. The minimum absolute atomic E-state index is 0.351. The fraction of sp³-hybridized carbons (Fsp3) is 0.300. The van der Waals surface area contributed by atoms with Gasteiger partial charge in [-0.05, 0) is 12.1 Å². The summed E-state index contributed by atoms with van der Waals surface area (Å²) in [5, 5.41) is 8.45. The molecule has 15 heavy (non-hydrogen) atoms. The minimum Gasteiger partial charge on any atom is -0.480 e. The van der Waals surface area contributed by atoms with E-state index in [0.29, 0.717) is 11.4 Å². The Balaban J connectivity index is 2.90. The van der Waals surface area contributed by atoms with Gasteiger partial charge in [0.1, 0.15) is 11.6 Å². The molecule has 0 aliphatic carbocycles. The molecule has 0 aliphatic heterocycles. The van der Waals surface area contributed by atoms with Gasteiger partial charge in [-0.25, -0.2) is 9.18 Å². The van der Waals surface area contributed by atoms with Gasteiger partial charge in [0.2, 0.25) is 0 Å². The van der Waals surface area contributed by atoms with Crippen molar-refractivity contribution in [3.63, 3.8) is 0 Å². The molecule has 0 spiro atoms. The number of nitrogens with zero attached hydrogens (tertiary/aromatic N) is 1. The van der Waals surface area contributed by atoms with Crippen LogP contribution in [0.5, 0.6) is 5.75 Å². The highest BCUT2D eigenvalue weighted by molar-refractivity contribution is 5.69. The summed E-state index contributed by atoms with van der Waals surface area (Å²) in [7, 11) is 3.45. The van der Waals surface area contributed by atoms with E-state index in [2.05, 4.69) is 0 Å². The van der Waals surface area contributed by atoms with Gasteiger partial charge < -0.3 is 14.7 Å². The number of anilines is 1. The number of benzene rings is 1. The van der Waals surface area contributed by atoms with Gasteiger partial charge in [0.25, 0.3) is 0 Å². The Bertz CT molecular complexity index is 366. The number of rotatable bonds is 4. The summed E-state index contributed by atoms with van der Waals surface area (Å²) in [6.07, 6.45) is 0. The third kappa shape index (κ3) is 3.12. The molecule has 0 fully saturated rings. The summed E-state index contributed by atoms with van der Waals surface area (Å²) in [6, 6.07) is 3.93. The highest BCUT2D eigenvalue weighted by Crippen LogP contribution is 2.27. The van der Waals surface area contributed by atoms with E-state index in [9.17, 15) is 9.18 Å². The van der Waals surface area contributed by atoms with Gasteiger partial charge in [-0.1, -0.05) is 0 Å². The van der Waals surface area contributed by atoms with Crippen LogP contribution in [0.3, 0.4) is 0 Å². The first kappa shape index (κ1) is 11.3. The predicted octanol–water partition coefficient (Wildman–Crippen LogP) is 1.36. The van der Waals surface area contributed by atoms with E-state index in [1.165, 1.54) is 18.2 Å². The maximum absolute atomic E-state index is 12.9. The zero-order chi connectivity index (χ0) is 11.4. The van der Waals surface area contributed by atoms with Gasteiger partial charge in [0.15, 0.2) is 6.61 Å². The Morgan fingerprint density at radius 1 is 1.53 bits per heavy atom. The molecule has 82 valence electrons. The van der Waals surface area contributed by atoms with Crippen LogP contribution >= 0.6 is 0 Å². The molecule has 0 amide bonds. The molecule has 0 saturated heterocycles. The number of carbonyl (C=O) groups is 1. The van der Waals surface area contributed by atoms with Crippen molar-refractivity contribution in [2.24, 2.45) is 0 Å². The molecule has 0 bridgehead atoms. The second-order valence-electron chi connectivity index (χ2n) is 3.19. The van der Waals surface area contributed by atoms with Crippen molar-refractivity contribution in [2.75, 3.05) is 25.6 Å². The topological polar surface area (TPSA) is 49.8 Å². The quantitative estimate of drug-likeness (QED) is 0.820. The van der Waals surface area contributed by atoms with Crippen LogP contribution in [0.2, 0.25) is 0 Å². The summed E-state index contributed by atoms with van der Waals surface area (Å²) in [5.74, 6) is -1.10. The molecule has 0 heterocycles. The van der Waals surface area contributed by atoms with Crippen LogP contribution in [0.15, 0.2) is 18.2 Å². The minimum atomic E-state index is -1.07. The van der Waals surface area contributed by atoms with E-state index in [-0.39, 0.29) is 5.82 Å². The highest BCUT2D eigenvalue weighted by Gasteiger charge is 2.08. The zero-order valence-electron chi connectivity index (χ0n) is 8.53. The van der Waals surface area contributed by atoms with Crippen LogP contribution in [0.25, 0.3) is 0 Å². The van der Waals surface area contributed by atoms with Crippen LogP contribution in [-0.2, 0) is 4.79 Å². The van der Waals surface area contributed by atoms with Gasteiger partial charge >= 0.3 is 5.97 Å². The normalized spacial score (nSPS) is 9.80. The summed E-state index contributed by atoms with van der Waals surface area (Å²) in [5.41, 5.74) is 0.510. The van der Waals surface area contributed by atoms with E-state index in [0.717, 1.165) is 0 Å². The van der Waals surface area contributed by atoms with Crippen molar-refractivity contribution in [3.8, 4) is 5.75 Å². The van der Waals surface area contributed by atoms with Crippen LogP contribution in [0, 0.1) is 5.82 Å². The maximum atomic E-state index is 12.9. The third-order valence-corrected chi connectivity index (χ3v) is 1.75. The Morgan fingerprint density at radius 2 is 2.20 bits per heavy atom. The largest absolute Gasteiger partial charge is 0.480 e. The van der Waals surface area contributed by atoms with Gasteiger partial charge in [0.05, 0.1) is 5.69 Å². The van der Waals surface area contributed by atoms with Crippen LogP contribution in [-0.4, -0.2) is 31.8 Å². The Kier molecular flexibility index (Phi) is 3.49. The van der Waals surface area contributed by atoms with Crippen LogP contribution < -0.4 is 9.64 Å². The molecule has 0 unspecified atom stereocenters. The second-order valence-corrected chi connectivity index (χ2v) is 3.19. The first-order valence-corrected chi connectivity index (χ1v) is 4.32. The summed E-state index contributed by atoms with van der Waals surface area (Å²) >= 11 is 0. The first-order valence-electron chi connectivity index (χ1n) is 4.32. The van der Waals surface area contributed by atoms with Crippen molar-refractivity contribution in [3.05, 3.63) is 24.0 Å². The van der Waals surface area contributed by atoms with Gasteiger partial charge in [-0.15, -0.1) is 0 Å². The van der Waals surface area contributed by atoms with Crippen molar-refractivity contribution in [1.29, 1.82) is 0 Å². The first-order chi connectivity index (χ1) is 7.00. The molecule has 0 aromatic heterocycles. The SMILES string of the molecule is CN(C)c1cc(F)ccc1OCC(=O)O. The molecule has 0 saturated carbocycles. The van der Waals surface area contributed by atoms with E-state index >= 15 is 0 Å². The number of halogens is 1. The zero-order valence-corrected chi connectivity index (χ0v) is 8.53. The lowest BCUT2D eigenvalue weighted by Gasteiger charge is -2.17.